The van der Waals surface area contributed by atoms with E-state index in [0.717, 1.165) is 11.3 Å². The molecule has 3 aromatic rings. The number of aliphatic hydroxyl groups is 1. The first-order valence-corrected chi connectivity index (χ1v) is 8.91. The molecule has 0 unspecified atom stereocenters. The van der Waals surface area contributed by atoms with Crippen molar-refractivity contribution in [1.82, 2.24) is 19.7 Å². The van der Waals surface area contributed by atoms with Crippen LogP contribution in [-0.2, 0) is 12.0 Å². The number of rotatable bonds is 4. The molecule has 0 aliphatic heterocycles. The predicted octanol–water partition coefficient (Wildman–Crippen LogP) is 2.87. The van der Waals surface area contributed by atoms with Crippen LogP contribution >= 0.6 is 0 Å². The molecule has 0 amide bonds. The first-order valence-electron chi connectivity index (χ1n) is 8.91. The number of benzene rings is 1. The molecule has 0 aliphatic carbocycles. The minimum absolute atomic E-state index is 0.0137. The van der Waals surface area contributed by atoms with E-state index in [4.69, 9.17) is 0 Å². The van der Waals surface area contributed by atoms with E-state index in [-0.39, 0.29) is 30.0 Å². The zero-order chi connectivity index (χ0) is 19.1. The summed E-state index contributed by atoms with van der Waals surface area (Å²) in [4.78, 5) is 19.6. The van der Waals surface area contributed by atoms with E-state index in [1.165, 1.54) is 5.56 Å². The second-order valence-corrected chi connectivity index (χ2v) is 7.77. The second-order valence-electron chi connectivity index (χ2n) is 7.77. The van der Waals surface area contributed by atoms with Crippen molar-refractivity contribution in [3.63, 3.8) is 0 Å². The summed E-state index contributed by atoms with van der Waals surface area (Å²) in [6.45, 7) is 10.6. The topological polar surface area (TPSA) is 83.8 Å². The number of aromatic amines is 1. The van der Waals surface area contributed by atoms with E-state index in [0.29, 0.717) is 16.9 Å². The van der Waals surface area contributed by atoms with Crippen molar-refractivity contribution in [2.24, 2.45) is 0 Å². The van der Waals surface area contributed by atoms with Gasteiger partial charge in [-0.05, 0) is 23.5 Å². The minimum Gasteiger partial charge on any atom is -0.394 e. The lowest BCUT2D eigenvalue weighted by Crippen LogP contribution is -2.15. The number of hydrogen-bond donors (Lipinski definition) is 2. The Morgan fingerprint density at radius 2 is 1.88 bits per heavy atom. The van der Waals surface area contributed by atoms with Crippen molar-refractivity contribution < 1.29 is 5.11 Å². The summed E-state index contributed by atoms with van der Waals surface area (Å²) in [5.74, 6) is 0.544. The van der Waals surface area contributed by atoms with Crippen molar-refractivity contribution in [3.05, 3.63) is 57.3 Å². The fraction of sp³-hybridized carbons (Fsp3) is 0.450. The molecule has 0 radical (unpaired) electrons. The van der Waals surface area contributed by atoms with E-state index in [2.05, 4.69) is 67.0 Å². The number of aryl methyl sites for hydroxylation is 1. The maximum atomic E-state index is 12.4. The number of nitrogens with zero attached hydrogens (tertiary/aromatic N) is 3. The molecule has 2 heterocycles. The van der Waals surface area contributed by atoms with Crippen LogP contribution in [0.4, 0.5) is 0 Å². The highest BCUT2D eigenvalue weighted by atomic mass is 16.3. The fourth-order valence-corrected chi connectivity index (χ4v) is 3.20. The average Bonchev–Trinajstić information content (AvgIpc) is 2.92. The lowest BCUT2D eigenvalue weighted by Gasteiger charge is -2.20. The van der Waals surface area contributed by atoms with Gasteiger partial charge in [-0.3, -0.25) is 9.48 Å². The van der Waals surface area contributed by atoms with Crippen molar-refractivity contribution in [1.29, 1.82) is 0 Å². The third kappa shape index (κ3) is 3.29. The van der Waals surface area contributed by atoms with E-state index >= 15 is 0 Å². The van der Waals surface area contributed by atoms with Crippen LogP contribution in [0.25, 0.3) is 11.0 Å². The van der Waals surface area contributed by atoms with Crippen LogP contribution in [0.5, 0.6) is 0 Å². The normalized spacial score (nSPS) is 13.3. The van der Waals surface area contributed by atoms with Crippen molar-refractivity contribution in [3.8, 4) is 0 Å². The Labute approximate surface area is 152 Å². The quantitative estimate of drug-likeness (QED) is 0.754. The highest BCUT2D eigenvalue weighted by molar-refractivity contribution is 5.77. The zero-order valence-corrected chi connectivity index (χ0v) is 16.0. The van der Waals surface area contributed by atoms with E-state index in [1.54, 1.807) is 11.6 Å². The monoisotopic (exact) mass is 354 g/mol. The van der Waals surface area contributed by atoms with Crippen LogP contribution in [0.15, 0.2) is 29.1 Å². The Balaban J connectivity index is 2.11. The largest absolute Gasteiger partial charge is 0.394 e. The van der Waals surface area contributed by atoms with Gasteiger partial charge in [0.25, 0.3) is 5.56 Å². The predicted molar refractivity (Wildman–Crippen MR) is 103 cm³/mol. The van der Waals surface area contributed by atoms with Gasteiger partial charge < -0.3 is 10.1 Å². The maximum absolute atomic E-state index is 12.4. The second kappa shape index (κ2) is 6.68. The van der Waals surface area contributed by atoms with Gasteiger partial charge in [0.1, 0.15) is 11.3 Å². The number of H-pyrrole nitrogens is 1. The van der Waals surface area contributed by atoms with Gasteiger partial charge in [-0.15, -0.1) is 0 Å². The third-order valence-electron chi connectivity index (χ3n) is 4.74. The summed E-state index contributed by atoms with van der Waals surface area (Å²) in [7, 11) is 0. The molecule has 0 saturated heterocycles. The molecular weight excluding hydrogens is 328 g/mol. The molecule has 0 bridgehead atoms. The molecule has 3 rings (SSSR count). The number of aromatic nitrogens is 4. The van der Waals surface area contributed by atoms with Crippen LogP contribution < -0.4 is 5.56 Å². The molecule has 6 nitrogen and oxygen atoms in total. The first kappa shape index (κ1) is 18.3. The Morgan fingerprint density at radius 1 is 1.23 bits per heavy atom. The SMILES string of the molecule is Cc1nc2c([C@H](C)c3ccc(C(C)(C)C)cc3)nn(CCO)c2c(=O)[nH]1. The summed E-state index contributed by atoms with van der Waals surface area (Å²) in [6.07, 6.45) is 0. The molecule has 26 heavy (non-hydrogen) atoms. The summed E-state index contributed by atoms with van der Waals surface area (Å²) in [6, 6.07) is 8.51. The van der Waals surface area contributed by atoms with Gasteiger partial charge in [0.2, 0.25) is 0 Å². The lowest BCUT2D eigenvalue weighted by molar-refractivity contribution is 0.271. The Bertz CT molecular complexity index is 978. The van der Waals surface area contributed by atoms with Gasteiger partial charge in [-0.1, -0.05) is 52.0 Å². The molecule has 6 heteroatoms. The third-order valence-corrected chi connectivity index (χ3v) is 4.74. The molecule has 0 spiro atoms. The molecule has 0 aliphatic rings. The summed E-state index contributed by atoms with van der Waals surface area (Å²) < 4.78 is 1.55. The lowest BCUT2D eigenvalue weighted by atomic mass is 9.85. The number of hydrogen-bond acceptors (Lipinski definition) is 4. The summed E-state index contributed by atoms with van der Waals surface area (Å²) in [5, 5.41) is 13.9. The fourth-order valence-electron chi connectivity index (χ4n) is 3.20. The van der Waals surface area contributed by atoms with E-state index < -0.39 is 0 Å². The molecule has 2 aromatic heterocycles. The van der Waals surface area contributed by atoms with Crippen molar-refractivity contribution in [2.45, 2.75) is 52.5 Å². The van der Waals surface area contributed by atoms with Crippen LogP contribution in [0.3, 0.4) is 0 Å². The maximum Gasteiger partial charge on any atom is 0.277 e. The molecule has 2 N–H and O–H groups in total. The molecule has 138 valence electrons. The van der Waals surface area contributed by atoms with Gasteiger partial charge in [0.15, 0.2) is 5.52 Å². The number of fused-ring (bicyclic) bond motifs is 1. The van der Waals surface area contributed by atoms with Crippen molar-refractivity contribution >= 4 is 11.0 Å². The van der Waals surface area contributed by atoms with Crippen LogP contribution in [0, 0.1) is 6.92 Å². The molecular formula is C20H26N4O2. The van der Waals surface area contributed by atoms with E-state index in [9.17, 15) is 9.90 Å². The first-order chi connectivity index (χ1) is 12.2. The molecule has 1 aromatic carbocycles. The smallest absolute Gasteiger partial charge is 0.277 e. The Kier molecular flexibility index (Phi) is 4.71. The van der Waals surface area contributed by atoms with Crippen LogP contribution in [0.2, 0.25) is 0 Å². The summed E-state index contributed by atoms with van der Waals surface area (Å²) in [5.41, 5.74) is 4.04. The Morgan fingerprint density at radius 3 is 2.46 bits per heavy atom. The molecule has 1 atom stereocenters. The standard InChI is InChI=1S/C20H26N4O2/c1-12(14-6-8-15(9-7-14)20(3,4)5)16-17-18(24(23-16)10-11-25)19(26)22-13(2)21-17/h6-9,12,25H,10-11H2,1-5H3,(H,21,22,26)/t12-/m1/s1. The van der Waals surface area contributed by atoms with Crippen molar-refractivity contribution in [2.75, 3.05) is 6.61 Å². The van der Waals surface area contributed by atoms with Crippen LogP contribution in [-0.4, -0.2) is 31.5 Å². The number of nitrogens with one attached hydrogen (secondary N) is 1. The van der Waals surface area contributed by atoms with Gasteiger partial charge in [-0.25, -0.2) is 4.98 Å². The highest BCUT2D eigenvalue weighted by Gasteiger charge is 2.22. The van der Waals surface area contributed by atoms with Gasteiger partial charge in [0, 0.05) is 5.92 Å². The summed E-state index contributed by atoms with van der Waals surface area (Å²) >= 11 is 0. The number of aliphatic hydroxyl groups excluding tert-OH is 1. The van der Waals surface area contributed by atoms with Crippen LogP contribution in [0.1, 0.15) is 56.3 Å². The minimum atomic E-state index is -0.227. The molecule has 0 saturated carbocycles. The Hall–Kier alpha value is -2.47. The van der Waals surface area contributed by atoms with Gasteiger partial charge >= 0.3 is 0 Å². The average molecular weight is 354 g/mol. The molecule has 0 fully saturated rings. The van der Waals surface area contributed by atoms with E-state index in [1.807, 2.05) is 0 Å². The highest BCUT2D eigenvalue weighted by Crippen LogP contribution is 2.30. The zero-order valence-electron chi connectivity index (χ0n) is 16.0. The van der Waals surface area contributed by atoms with Gasteiger partial charge in [0.05, 0.1) is 18.8 Å². The van der Waals surface area contributed by atoms with Gasteiger partial charge in [-0.2, -0.15) is 5.10 Å².